The minimum absolute atomic E-state index is 0.00810. The summed E-state index contributed by atoms with van der Waals surface area (Å²) in [5, 5.41) is 2.29. The van der Waals surface area contributed by atoms with Crippen molar-refractivity contribution in [1.82, 2.24) is 9.88 Å². The van der Waals surface area contributed by atoms with Gasteiger partial charge in [0, 0.05) is 36.2 Å². The molecule has 28 heavy (non-hydrogen) atoms. The van der Waals surface area contributed by atoms with Crippen LogP contribution in [0.1, 0.15) is 16.1 Å². The normalized spacial score (nSPS) is 10.6. The molecule has 0 aliphatic rings. The Bertz CT molecular complexity index is 1010. The first-order valence-electron chi connectivity index (χ1n) is 8.30. The molecular formula is C20H18F2N2O3S. The van der Waals surface area contributed by atoms with E-state index in [1.165, 1.54) is 22.3 Å². The van der Waals surface area contributed by atoms with Crippen LogP contribution in [0.25, 0.3) is 10.6 Å². The van der Waals surface area contributed by atoms with Crippen LogP contribution in [0.4, 0.5) is 8.78 Å². The number of carbonyl (C=O) groups excluding carboxylic acids is 1. The minimum atomic E-state index is -0.691. The van der Waals surface area contributed by atoms with Crippen LogP contribution in [0, 0.1) is 11.6 Å². The summed E-state index contributed by atoms with van der Waals surface area (Å²) in [5.41, 5.74) is 1.27. The van der Waals surface area contributed by atoms with Gasteiger partial charge in [-0.3, -0.25) is 4.79 Å². The number of hydrogen-bond donors (Lipinski definition) is 0. The van der Waals surface area contributed by atoms with Crippen molar-refractivity contribution in [1.29, 1.82) is 0 Å². The molecule has 8 heteroatoms. The van der Waals surface area contributed by atoms with Gasteiger partial charge in [-0.2, -0.15) is 0 Å². The number of aromatic nitrogens is 1. The van der Waals surface area contributed by atoms with Gasteiger partial charge in [-0.1, -0.05) is 6.07 Å². The van der Waals surface area contributed by atoms with E-state index in [2.05, 4.69) is 4.98 Å². The summed E-state index contributed by atoms with van der Waals surface area (Å²) < 4.78 is 37.4. The molecule has 0 aliphatic carbocycles. The number of benzene rings is 2. The molecule has 0 bridgehead atoms. The number of carbonyl (C=O) groups is 1. The molecule has 146 valence electrons. The highest BCUT2D eigenvalue weighted by Gasteiger charge is 2.18. The van der Waals surface area contributed by atoms with Gasteiger partial charge in [0.25, 0.3) is 5.91 Å². The molecule has 0 aliphatic heterocycles. The second-order valence-corrected chi connectivity index (χ2v) is 6.86. The van der Waals surface area contributed by atoms with Crippen LogP contribution >= 0.6 is 11.3 Å². The van der Waals surface area contributed by atoms with Crippen molar-refractivity contribution in [3.8, 4) is 22.1 Å². The zero-order valence-corrected chi connectivity index (χ0v) is 16.3. The zero-order valence-electron chi connectivity index (χ0n) is 15.5. The van der Waals surface area contributed by atoms with E-state index in [4.69, 9.17) is 9.47 Å². The van der Waals surface area contributed by atoms with Crippen molar-refractivity contribution in [3.63, 3.8) is 0 Å². The van der Waals surface area contributed by atoms with Crippen LogP contribution in [0.2, 0.25) is 0 Å². The lowest BCUT2D eigenvalue weighted by atomic mass is 10.2. The number of methoxy groups -OCH3 is 2. The molecule has 1 aromatic heterocycles. The van der Waals surface area contributed by atoms with E-state index >= 15 is 0 Å². The summed E-state index contributed by atoms with van der Waals surface area (Å²) in [6.07, 6.45) is 0. The fourth-order valence-corrected chi connectivity index (χ4v) is 3.44. The Kier molecular flexibility index (Phi) is 5.89. The van der Waals surface area contributed by atoms with Gasteiger partial charge in [0.2, 0.25) is 0 Å². The zero-order chi connectivity index (χ0) is 20.3. The Labute approximate surface area is 165 Å². The van der Waals surface area contributed by atoms with E-state index < -0.39 is 11.6 Å². The fourth-order valence-electron chi connectivity index (χ4n) is 2.65. The van der Waals surface area contributed by atoms with Gasteiger partial charge in [0.1, 0.15) is 22.3 Å². The van der Waals surface area contributed by atoms with Gasteiger partial charge in [-0.05, 0) is 24.3 Å². The molecular weight excluding hydrogens is 386 g/mol. The first-order valence-corrected chi connectivity index (χ1v) is 9.18. The number of rotatable bonds is 6. The maximum Gasteiger partial charge on any atom is 0.273 e. The van der Waals surface area contributed by atoms with Crippen LogP contribution in [0.15, 0.2) is 41.8 Å². The summed E-state index contributed by atoms with van der Waals surface area (Å²) in [4.78, 5) is 18.3. The topological polar surface area (TPSA) is 51.7 Å². The molecule has 0 radical (unpaired) electrons. The van der Waals surface area contributed by atoms with Crippen LogP contribution in [0.3, 0.4) is 0 Å². The molecule has 3 aromatic rings. The van der Waals surface area contributed by atoms with Crippen LogP contribution in [0.5, 0.6) is 11.5 Å². The Balaban J connectivity index is 1.78. The minimum Gasteiger partial charge on any atom is -0.493 e. The molecule has 0 atom stereocenters. The molecule has 2 aromatic carbocycles. The Morgan fingerprint density at radius 3 is 2.54 bits per heavy atom. The van der Waals surface area contributed by atoms with E-state index in [-0.39, 0.29) is 23.7 Å². The SMILES string of the molecule is COc1ccc(-c2nc(C(=O)N(C)Cc3ccc(F)cc3F)cs2)cc1OC. The van der Waals surface area contributed by atoms with Crippen molar-refractivity contribution in [2.45, 2.75) is 6.54 Å². The highest BCUT2D eigenvalue weighted by molar-refractivity contribution is 7.13. The van der Waals surface area contributed by atoms with E-state index in [0.29, 0.717) is 16.5 Å². The molecule has 1 amide bonds. The van der Waals surface area contributed by atoms with Crippen molar-refractivity contribution >= 4 is 17.2 Å². The summed E-state index contributed by atoms with van der Waals surface area (Å²) >= 11 is 1.31. The number of hydrogen-bond acceptors (Lipinski definition) is 5. The predicted molar refractivity (Wildman–Crippen MR) is 103 cm³/mol. The highest BCUT2D eigenvalue weighted by atomic mass is 32.1. The Hall–Kier alpha value is -3.00. The van der Waals surface area contributed by atoms with Gasteiger partial charge in [-0.25, -0.2) is 13.8 Å². The van der Waals surface area contributed by atoms with Crippen LogP contribution in [-0.2, 0) is 6.54 Å². The number of nitrogens with zero attached hydrogens (tertiary/aromatic N) is 2. The van der Waals surface area contributed by atoms with Gasteiger partial charge < -0.3 is 14.4 Å². The first kappa shape index (κ1) is 19.8. The van der Waals surface area contributed by atoms with Crippen LogP contribution in [-0.4, -0.2) is 37.1 Å². The number of ether oxygens (including phenoxy) is 2. The molecule has 1 heterocycles. The van der Waals surface area contributed by atoms with Crippen molar-refractivity contribution in [2.24, 2.45) is 0 Å². The molecule has 5 nitrogen and oxygen atoms in total. The average Bonchev–Trinajstić information content (AvgIpc) is 3.19. The van der Waals surface area contributed by atoms with E-state index in [9.17, 15) is 13.6 Å². The van der Waals surface area contributed by atoms with Gasteiger partial charge in [0.15, 0.2) is 11.5 Å². The van der Waals surface area contributed by atoms with Crippen molar-refractivity contribution in [3.05, 3.63) is 64.7 Å². The average molecular weight is 404 g/mol. The number of thiazole rings is 1. The van der Waals surface area contributed by atoms with Gasteiger partial charge >= 0.3 is 0 Å². The molecule has 0 spiro atoms. The quantitative estimate of drug-likeness (QED) is 0.612. The fraction of sp³-hybridized carbons (Fsp3) is 0.200. The molecule has 0 saturated carbocycles. The lowest BCUT2D eigenvalue weighted by molar-refractivity contribution is 0.0779. The van der Waals surface area contributed by atoms with E-state index in [1.54, 1.807) is 38.8 Å². The lowest BCUT2D eigenvalue weighted by Gasteiger charge is -2.16. The third-order valence-corrected chi connectivity index (χ3v) is 5.01. The number of amides is 1. The maximum atomic E-state index is 13.8. The number of halogens is 2. The monoisotopic (exact) mass is 404 g/mol. The van der Waals surface area contributed by atoms with Gasteiger partial charge in [0.05, 0.1) is 14.2 Å². The van der Waals surface area contributed by atoms with Crippen LogP contribution < -0.4 is 9.47 Å². The lowest BCUT2D eigenvalue weighted by Crippen LogP contribution is -2.27. The Morgan fingerprint density at radius 2 is 1.86 bits per heavy atom. The molecule has 3 rings (SSSR count). The standard InChI is InChI=1S/C20H18F2N2O3S/c1-24(10-13-4-6-14(21)9-15(13)22)20(25)16-11-28-19(23-16)12-5-7-17(26-2)18(8-12)27-3/h4-9,11H,10H2,1-3H3. The predicted octanol–water partition coefficient (Wildman–Crippen LogP) is 4.38. The molecule has 0 unspecified atom stereocenters. The second-order valence-electron chi connectivity index (χ2n) is 6.00. The first-order chi connectivity index (χ1) is 13.4. The summed E-state index contributed by atoms with van der Waals surface area (Å²) in [7, 11) is 4.64. The van der Waals surface area contributed by atoms with Gasteiger partial charge in [-0.15, -0.1) is 11.3 Å². The molecule has 0 fully saturated rings. The maximum absolute atomic E-state index is 13.8. The van der Waals surface area contributed by atoms with Crippen molar-refractivity contribution < 1.29 is 23.0 Å². The second kappa shape index (κ2) is 8.35. The largest absolute Gasteiger partial charge is 0.493 e. The third kappa shape index (κ3) is 4.12. The molecule has 0 saturated heterocycles. The summed E-state index contributed by atoms with van der Waals surface area (Å²) in [6, 6.07) is 8.65. The third-order valence-electron chi connectivity index (χ3n) is 4.12. The summed E-state index contributed by atoms with van der Waals surface area (Å²) in [5.74, 6) is -0.544. The van der Waals surface area contributed by atoms with E-state index in [1.807, 2.05) is 6.07 Å². The van der Waals surface area contributed by atoms with Crippen molar-refractivity contribution in [2.75, 3.05) is 21.3 Å². The summed E-state index contributed by atoms with van der Waals surface area (Å²) in [6.45, 7) is 0.00810. The highest BCUT2D eigenvalue weighted by Crippen LogP contribution is 2.33. The Morgan fingerprint density at radius 1 is 1.11 bits per heavy atom. The van der Waals surface area contributed by atoms with E-state index in [0.717, 1.165) is 17.7 Å². The smallest absolute Gasteiger partial charge is 0.273 e. The molecule has 0 N–H and O–H groups in total.